The van der Waals surface area contributed by atoms with E-state index in [2.05, 4.69) is 0 Å². The van der Waals surface area contributed by atoms with Crippen molar-refractivity contribution in [3.8, 4) is 5.75 Å². The number of nitrogens with zero attached hydrogens (tertiary/aromatic N) is 1. The lowest BCUT2D eigenvalue weighted by Gasteiger charge is -2.32. The largest absolute Gasteiger partial charge is 0.482 e. The zero-order valence-electron chi connectivity index (χ0n) is 18.2. The normalized spacial score (nSPS) is 14.1. The fourth-order valence-corrected chi connectivity index (χ4v) is 4.09. The number of fused-ring (bicyclic) bond motifs is 3. The van der Waals surface area contributed by atoms with Gasteiger partial charge in [-0.05, 0) is 71.6 Å². The lowest BCUT2D eigenvalue weighted by Crippen LogP contribution is -2.47. The number of hydrogen-bond donors (Lipinski definition) is 0. The van der Waals surface area contributed by atoms with Gasteiger partial charge >= 0.3 is 11.6 Å². The number of ether oxygens (including phenoxy) is 2. The van der Waals surface area contributed by atoms with Crippen molar-refractivity contribution in [1.29, 1.82) is 0 Å². The molecular formula is C23H29NO6. The van der Waals surface area contributed by atoms with Crippen molar-refractivity contribution in [1.82, 2.24) is 4.90 Å². The number of hydrogen-bond acceptors (Lipinski definition) is 6. The Morgan fingerprint density at radius 1 is 1.07 bits per heavy atom. The van der Waals surface area contributed by atoms with Crippen LogP contribution >= 0.6 is 0 Å². The van der Waals surface area contributed by atoms with Crippen LogP contribution in [-0.4, -0.2) is 41.6 Å². The molecular weight excluding hydrogens is 386 g/mol. The molecule has 1 aliphatic rings. The standard InChI is InChI=1S/C23H29NO6/c1-13(2)24(14(3)4)22(26)15(5)29-21(25)12-28-16-9-10-18-17-7-6-8-19(17)23(27)30-20(18)11-16/h9-11,13-15H,6-8,12H2,1-5H3/t15-/m0/s1. The molecule has 0 fully saturated rings. The number of benzene rings is 1. The third kappa shape index (κ3) is 4.50. The molecule has 162 valence electrons. The number of aryl methyl sites for hydroxylation is 1. The molecule has 7 heteroatoms. The molecule has 0 N–H and O–H groups in total. The van der Waals surface area contributed by atoms with Gasteiger partial charge in [0, 0.05) is 29.1 Å². The molecule has 0 radical (unpaired) electrons. The third-order valence-electron chi connectivity index (χ3n) is 5.32. The molecule has 0 saturated carbocycles. The highest BCUT2D eigenvalue weighted by atomic mass is 16.6. The lowest BCUT2D eigenvalue weighted by atomic mass is 10.1. The topological polar surface area (TPSA) is 86.0 Å². The number of esters is 1. The maximum atomic E-state index is 12.6. The maximum Gasteiger partial charge on any atom is 0.344 e. The minimum Gasteiger partial charge on any atom is -0.482 e. The number of rotatable bonds is 7. The van der Waals surface area contributed by atoms with E-state index in [1.54, 1.807) is 24.0 Å². The highest BCUT2D eigenvalue weighted by molar-refractivity contribution is 5.85. The van der Waals surface area contributed by atoms with Gasteiger partial charge in [-0.3, -0.25) is 4.79 Å². The summed E-state index contributed by atoms with van der Waals surface area (Å²) in [6.07, 6.45) is 1.66. The van der Waals surface area contributed by atoms with E-state index in [9.17, 15) is 14.4 Å². The summed E-state index contributed by atoms with van der Waals surface area (Å²) < 4.78 is 16.2. The molecule has 7 nitrogen and oxygen atoms in total. The first kappa shape index (κ1) is 21.9. The van der Waals surface area contributed by atoms with Crippen molar-refractivity contribution in [2.24, 2.45) is 0 Å². The molecule has 3 rings (SSSR count). The summed E-state index contributed by atoms with van der Waals surface area (Å²) >= 11 is 0. The van der Waals surface area contributed by atoms with Crippen LogP contribution < -0.4 is 10.4 Å². The Morgan fingerprint density at radius 2 is 1.73 bits per heavy atom. The minimum absolute atomic E-state index is 0.00334. The first-order chi connectivity index (χ1) is 14.2. The van der Waals surface area contributed by atoms with Crippen molar-refractivity contribution in [3.05, 3.63) is 39.7 Å². The molecule has 30 heavy (non-hydrogen) atoms. The van der Waals surface area contributed by atoms with Crippen LogP contribution in [0.3, 0.4) is 0 Å². The van der Waals surface area contributed by atoms with E-state index in [4.69, 9.17) is 13.9 Å². The van der Waals surface area contributed by atoms with Gasteiger partial charge in [-0.25, -0.2) is 9.59 Å². The second-order valence-corrected chi connectivity index (χ2v) is 8.21. The highest BCUT2D eigenvalue weighted by Gasteiger charge is 2.27. The fraction of sp³-hybridized carbons (Fsp3) is 0.522. The second kappa shape index (κ2) is 8.90. The Labute approximate surface area is 175 Å². The van der Waals surface area contributed by atoms with E-state index in [-0.39, 0.29) is 30.2 Å². The van der Waals surface area contributed by atoms with E-state index in [1.165, 1.54) is 0 Å². The molecule has 2 aromatic rings. The average molecular weight is 415 g/mol. The molecule has 1 aromatic heterocycles. The molecule has 1 aromatic carbocycles. The zero-order chi connectivity index (χ0) is 22.0. The van der Waals surface area contributed by atoms with E-state index in [1.807, 2.05) is 33.8 Å². The van der Waals surface area contributed by atoms with Gasteiger partial charge in [0.25, 0.3) is 5.91 Å². The minimum atomic E-state index is -0.900. The molecule has 1 heterocycles. The molecule has 1 aliphatic carbocycles. The smallest absolute Gasteiger partial charge is 0.344 e. The highest BCUT2D eigenvalue weighted by Crippen LogP contribution is 2.29. The lowest BCUT2D eigenvalue weighted by molar-refractivity contribution is -0.162. The van der Waals surface area contributed by atoms with Crippen LogP contribution in [-0.2, 0) is 27.2 Å². The quantitative estimate of drug-likeness (QED) is 0.510. The van der Waals surface area contributed by atoms with Crippen LogP contribution in [0.5, 0.6) is 5.75 Å². The predicted octanol–water partition coefficient (Wildman–Crippen LogP) is 3.24. The molecule has 0 unspecified atom stereocenters. The molecule has 0 spiro atoms. The van der Waals surface area contributed by atoms with Crippen molar-refractivity contribution in [2.45, 2.75) is 72.1 Å². The first-order valence-electron chi connectivity index (χ1n) is 10.4. The van der Waals surface area contributed by atoms with Crippen LogP contribution in [0, 0.1) is 0 Å². The number of carbonyl (C=O) groups is 2. The van der Waals surface area contributed by atoms with E-state index < -0.39 is 12.1 Å². The Kier molecular flexibility index (Phi) is 6.48. The summed E-state index contributed by atoms with van der Waals surface area (Å²) in [5.41, 5.74) is 1.94. The maximum absolute atomic E-state index is 12.6. The van der Waals surface area contributed by atoms with Crippen molar-refractivity contribution in [3.63, 3.8) is 0 Å². The number of carbonyl (C=O) groups excluding carboxylic acids is 2. The van der Waals surface area contributed by atoms with Gasteiger partial charge in [-0.15, -0.1) is 0 Å². The van der Waals surface area contributed by atoms with Gasteiger partial charge in [0.1, 0.15) is 11.3 Å². The average Bonchev–Trinajstić information content (AvgIpc) is 3.16. The summed E-state index contributed by atoms with van der Waals surface area (Å²) in [6, 6.07) is 5.20. The second-order valence-electron chi connectivity index (χ2n) is 8.21. The summed E-state index contributed by atoms with van der Waals surface area (Å²) in [5.74, 6) is -0.487. The number of amides is 1. The van der Waals surface area contributed by atoms with Crippen molar-refractivity contribution in [2.75, 3.05) is 6.61 Å². The van der Waals surface area contributed by atoms with Gasteiger partial charge < -0.3 is 18.8 Å². The van der Waals surface area contributed by atoms with E-state index in [0.717, 1.165) is 35.8 Å². The van der Waals surface area contributed by atoms with E-state index >= 15 is 0 Å². The van der Waals surface area contributed by atoms with Gasteiger partial charge in [-0.2, -0.15) is 0 Å². The zero-order valence-corrected chi connectivity index (χ0v) is 18.2. The van der Waals surface area contributed by atoms with Crippen molar-refractivity contribution >= 4 is 22.8 Å². The third-order valence-corrected chi connectivity index (χ3v) is 5.32. The van der Waals surface area contributed by atoms with Crippen LogP contribution in [0.1, 0.15) is 52.2 Å². The Bertz CT molecular complexity index is 999. The molecule has 0 bridgehead atoms. The Hall–Kier alpha value is -2.83. The molecule has 1 atom stereocenters. The molecule has 0 saturated heterocycles. The summed E-state index contributed by atoms with van der Waals surface area (Å²) in [5, 5.41) is 0.902. The van der Waals surface area contributed by atoms with Crippen LogP contribution in [0.4, 0.5) is 0 Å². The van der Waals surface area contributed by atoms with Crippen LogP contribution in [0.15, 0.2) is 27.4 Å². The van der Waals surface area contributed by atoms with Gasteiger partial charge in [0.05, 0.1) is 0 Å². The monoisotopic (exact) mass is 415 g/mol. The Morgan fingerprint density at radius 3 is 2.40 bits per heavy atom. The molecule has 1 amide bonds. The summed E-state index contributed by atoms with van der Waals surface area (Å²) in [6.45, 7) is 8.89. The van der Waals surface area contributed by atoms with Gasteiger partial charge in [0.15, 0.2) is 12.7 Å². The van der Waals surface area contributed by atoms with Crippen LogP contribution in [0.25, 0.3) is 11.0 Å². The fourth-order valence-electron chi connectivity index (χ4n) is 4.09. The van der Waals surface area contributed by atoms with Gasteiger partial charge in [0.2, 0.25) is 0 Å². The Balaban J connectivity index is 1.63. The van der Waals surface area contributed by atoms with Crippen molar-refractivity contribution < 1.29 is 23.5 Å². The molecule has 0 aliphatic heterocycles. The first-order valence-corrected chi connectivity index (χ1v) is 10.4. The van der Waals surface area contributed by atoms with Gasteiger partial charge in [-0.1, -0.05) is 0 Å². The summed E-state index contributed by atoms with van der Waals surface area (Å²) in [7, 11) is 0. The SMILES string of the molecule is CC(C)N(C(=O)[C@H](C)OC(=O)COc1ccc2c3c(c(=O)oc2c1)CCC3)C(C)C. The predicted molar refractivity (Wildman–Crippen MR) is 113 cm³/mol. The summed E-state index contributed by atoms with van der Waals surface area (Å²) in [4.78, 5) is 38.6. The van der Waals surface area contributed by atoms with Crippen LogP contribution in [0.2, 0.25) is 0 Å². The van der Waals surface area contributed by atoms with E-state index in [0.29, 0.717) is 11.3 Å².